The zero-order valence-corrected chi connectivity index (χ0v) is 11.8. The van der Waals surface area contributed by atoms with Gasteiger partial charge in [-0.3, -0.25) is 0 Å². The Kier molecular flexibility index (Phi) is 3.53. The highest BCUT2D eigenvalue weighted by Crippen LogP contribution is 2.25. The highest BCUT2D eigenvalue weighted by atomic mass is 35.5. The largest absolute Gasteiger partial charge is 0.478 e. The van der Waals surface area contributed by atoms with Crippen molar-refractivity contribution in [3.8, 4) is 6.07 Å². The van der Waals surface area contributed by atoms with Crippen LogP contribution in [0.25, 0.3) is 11.0 Å². The van der Waals surface area contributed by atoms with Crippen LogP contribution in [0.2, 0.25) is 0 Å². The van der Waals surface area contributed by atoms with Gasteiger partial charge in [0.2, 0.25) is 0 Å². The summed E-state index contributed by atoms with van der Waals surface area (Å²) in [5, 5.41) is 18.4. The number of alkyl halides is 1. The number of carboxylic acids is 1. The van der Waals surface area contributed by atoms with Gasteiger partial charge in [-0.25, -0.2) is 9.78 Å². The van der Waals surface area contributed by atoms with E-state index < -0.39 is 5.97 Å². The Hall–Kier alpha value is -2.10. The Morgan fingerprint density at radius 1 is 1.62 bits per heavy atom. The highest BCUT2D eigenvalue weighted by Gasteiger charge is 2.23. The molecular formula is C14H12ClN3O3. The van der Waals surface area contributed by atoms with Crippen molar-refractivity contribution in [1.82, 2.24) is 9.55 Å². The molecule has 1 atom stereocenters. The average molecular weight is 306 g/mol. The van der Waals surface area contributed by atoms with Crippen LogP contribution >= 0.6 is 11.6 Å². The van der Waals surface area contributed by atoms with E-state index in [0.717, 1.165) is 13.0 Å². The summed E-state index contributed by atoms with van der Waals surface area (Å²) in [6, 6.07) is 4.86. The fourth-order valence-corrected chi connectivity index (χ4v) is 2.62. The summed E-state index contributed by atoms with van der Waals surface area (Å²) in [6.45, 7) is 1.30. The van der Waals surface area contributed by atoms with Crippen LogP contribution in [0.3, 0.4) is 0 Å². The molecule has 3 rings (SSSR count). The fourth-order valence-electron chi connectivity index (χ4n) is 2.42. The summed E-state index contributed by atoms with van der Waals surface area (Å²) in [5.41, 5.74) is 1.40. The summed E-state index contributed by atoms with van der Waals surface area (Å²) >= 11 is 5.92. The molecule has 1 fully saturated rings. The van der Waals surface area contributed by atoms with Gasteiger partial charge in [0.1, 0.15) is 17.4 Å². The third kappa shape index (κ3) is 2.35. The quantitative estimate of drug-likeness (QED) is 0.874. The molecule has 1 aromatic heterocycles. The predicted molar refractivity (Wildman–Crippen MR) is 75.3 cm³/mol. The van der Waals surface area contributed by atoms with Gasteiger partial charge in [0.15, 0.2) is 0 Å². The van der Waals surface area contributed by atoms with Crippen molar-refractivity contribution in [2.24, 2.45) is 0 Å². The molecule has 0 bridgehead atoms. The zero-order chi connectivity index (χ0) is 15.0. The molecule has 0 radical (unpaired) electrons. The van der Waals surface area contributed by atoms with Crippen molar-refractivity contribution in [2.45, 2.75) is 24.9 Å². The first-order valence-corrected chi connectivity index (χ1v) is 7.01. The Bertz CT molecular complexity index is 759. The van der Waals surface area contributed by atoms with Gasteiger partial charge >= 0.3 is 5.97 Å². The second-order valence-corrected chi connectivity index (χ2v) is 5.13. The molecule has 2 heterocycles. The van der Waals surface area contributed by atoms with Gasteiger partial charge in [-0.15, -0.1) is 11.6 Å². The number of benzene rings is 1. The van der Waals surface area contributed by atoms with Crippen LogP contribution in [0.1, 0.15) is 28.2 Å². The Balaban J connectivity index is 2.20. The second kappa shape index (κ2) is 5.35. The van der Waals surface area contributed by atoms with Crippen LogP contribution in [0.5, 0.6) is 0 Å². The number of carbonyl (C=O) groups is 1. The predicted octanol–water partition coefficient (Wildman–Crippen LogP) is 2.13. The van der Waals surface area contributed by atoms with E-state index in [-0.39, 0.29) is 23.1 Å². The summed E-state index contributed by atoms with van der Waals surface area (Å²) in [6.07, 6.45) is 1.04. The number of nitrogens with zero attached hydrogens (tertiary/aromatic N) is 3. The summed E-state index contributed by atoms with van der Waals surface area (Å²) in [4.78, 5) is 15.6. The number of hydrogen-bond donors (Lipinski definition) is 1. The maximum absolute atomic E-state index is 11.2. The zero-order valence-electron chi connectivity index (χ0n) is 11.0. The Labute approximate surface area is 125 Å². The number of aromatic carboxylic acids is 1. The first kappa shape index (κ1) is 13.9. The van der Waals surface area contributed by atoms with E-state index in [0.29, 0.717) is 23.4 Å². The van der Waals surface area contributed by atoms with Crippen LogP contribution in [0.4, 0.5) is 0 Å². The van der Waals surface area contributed by atoms with Crippen molar-refractivity contribution in [3.05, 3.63) is 29.1 Å². The van der Waals surface area contributed by atoms with E-state index in [1.165, 1.54) is 12.1 Å². The van der Waals surface area contributed by atoms with Gasteiger partial charge in [-0.1, -0.05) is 0 Å². The molecule has 1 N–H and O–H groups in total. The number of aromatic nitrogens is 2. The van der Waals surface area contributed by atoms with Crippen LogP contribution < -0.4 is 0 Å². The van der Waals surface area contributed by atoms with Gasteiger partial charge in [0, 0.05) is 6.61 Å². The number of carboxylic acid groups (broad SMARTS) is 1. The lowest BCUT2D eigenvalue weighted by atomic mass is 10.1. The molecule has 0 aliphatic carbocycles. The van der Waals surface area contributed by atoms with Gasteiger partial charge < -0.3 is 14.4 Å². The van der Waals surface area contributed by atoms with E-state index in [2.05, 4.69) is 4.98 Å². The number of rotatable bonds is 4. The van der Waals surface area contributed by atoms with Gasteiger partial charge in [-0.2, -0.15) is 5.26 Å². The molecule has 21 heavy (non-hydrogen) atoms. The Morgan fingerprint density at radius 2 is 2.38 bits per heavy atom. The topological polar surface area (TPSA) is 88.1 Å². The summed E-state index contributed by atoms with van der Waals surface area (Å²) in [5.74, 6) is -0.274. The van der Waals surface area contributed by atoms with E-state index in [9.17, 15) is 10.1 Å². The number of fused-ring (bicyclic) bond motifs is 1. The lowest BCUT2D eigenvalue weighted by molar-refractivity contribution is -0.0589. The smallest absolute Gasteiger partial charge is 0.335 e. The molecule has 0 spiro atoms. The maximum Gasteiger partial charge on any atom is 0.335 e. The number of hydrogen-bond acceptors (Lipinski definition) is 4. The highest BCUT2D eigenvalue weighted by molar-refractivity contribution is 6.17. The molecule has 6 nitrogen and oxygen atoms in total. The van der Waals surface area contributed by atoms with Crippen molar-refractivity contribution in [1.29, 1.82) is 5.26 Å². The summed E-state index contributed by atoms with van der Waals surface area (Å²) < 4.78 is 7.26. The lowest BCUT2D eigenvalue weighted by Gasteiger charge is -2.27. The number of imidazole rings is 1. The van der Waals surface area contributed by atoms with Gasteiger partial charge in [-0.05, 0) is 18.6 Å². The van der Waals surface area contributed by atoms with Crippen molar-refractivity contribution < 1.29 is 14.6 Å². The van der Waals surface area contributed by atoms with Crippen molar-refractivity contribution in [2.75, 3.05) is 6.61 Å². The SMILES string of the molecule is N#Cc1cc(C(=O)O)cc2c1nc(CCl)n2CC1CCO1. The maximum atomic E-state index is 11.2. The molecule has 1 aliphatic heterocycles. The normalized spacial score (nSPS) is 17.4. The van der Waals surface area contributed by atoms with Crippen LogP contribution in [-0.2, 0) is 17.2 Å². The van der Waals surface area contributed by atoms with Crippen LogP contribution in [-0.4, -0.2) is 33.3 Å². The molecule has 1 unspecified atom stereocenters. The number of halogens is 1. The fraction of sp³-hybridized carbons (Fsp3) is 0.357. The van der Waals surface area contributed by atoms with E-state index >= 15 is 0 Å². The van der Waals surface area contributed by atoms with Gasteiger partial charge in [0.05, 0.1) is 35.2 Å². The van der Waals surface area contributed by atoms with E-state index in [1.54, 1.807) is 0 Å². The molecule has 1 aliphatic rings. The molecule has 7 heteroatoms. The molecular weight excluding hydrogens is 294 g/mol. The molecule has 108 valence electrons. The first-order valence-electron chi connectivity index (χ1n) is 6.48. The minimum absolute atomic E-state index is 0.0656. The third-order valence-electron chi connectivity index (χ3n) is 3.60. The monoisotopic (exact) mass is 305 g/mol. The molecule has 1 saturated heterocycles. The van der Waals surface area contributed by atoms with Crippen molar-refractivity contribution >= 4 is 28.6 Å². The second-order valence-electron chi connectivity index (χ2n) is 4.86. The average Bonchev–Trinajstić information content (AvgIpc) is 2.79. The Morgan fingerprint density at radius 3 is 2.90 bits per heavy atom. The molecule has 1 aromatic carbocycles. The molecule has 0 saturated carbocycles. The summed E-state index contributed by atoms with van der Waals surface area (Å²) in [7, 11) is 0. The van der Waals surface area contributed by atoms with E-state index in [1.807, 2.05) is 10.6 Å². The molecule has 0 amide bonds. The third-order valence-corrected chi connectivity index (χ3v) is 3.84. The minimum atomic E-state index is -1.08. The first-order chi connectivity index (χ1) is 10.1. The van der Waals surface area contributed by atoms with Crippen molar-refractivity contribution in [3.63, 3.8) is 0 Å². The minimum Gasteiger partial charge on any atom is -0.478 e. The van der Waals surface area contributed by atoms with Gasteiger partial charge in [0.25, 0.3) is 0 Å². The van der Waals surface area contributed by atoms with Crippen LogP contribution in [0, 0.1) is 11.3 Å². The number of nitriles is 1. The molecule has 2 aromatic rings. The standard InChI is InChI=1S/C14H12ClN3O3/c15-5-12-17-13-9(6-16)3-8(14(19)20)4-11(13)18(12)7-10-1-2-21-10/h3-4,10H,1-2,5,7H2,(H,19,20). The van der Waals surface area contributed by atoms with E-state index in [4.69, 9.17) is 21.4 Å². The number of ether oxygens (including phenoxy) is 1. The lowest BCUT2D eigenvalue weighted by Crippen LogP contribution is -2.31. The van der Waals surface area contributed by atoms with Crippen LogP contribution in [0.15, 0.2) is 12.1 Å².